The number of nitriles is 2. The van der Waals surface area contributed by atoms with Gasteiger partial charge < -0.3 is 9.79 Å². The second-order valence-electron chi connectivity index (χ2n) is 9.56. The molecule has 0 aliphatic rings. The Kier molecular flexibility index (Phi) is 21.0. The lowest BCUT2D eigenvalue weighted by Crippen LogP contribution is -2.40. The van der Waals surface area contributed by atoms with E-state index in [2.05, 4.69) is 47.7 Å². The predicted molar refractivity (Wildman–Crippen MR) is 147 cm³/mol. The van der Waals surface area contributed by atoms with E-state index in [1.807, 2.05) is 6.92 Å². The molecule has 0 radical (unpaired) electrons. The van der Waals surface area contributed by atoms with Gasteiger partial charge in [0.2, 0.25) is 0 Å². The molecular formula is C27H47N2O5PS. The molecule has 0 aromatic carbocycles. The van der Waals surface area contributed by atoms with Crippen molar-refractivity contribution in [1.29, 1.82) is 10.5 Å². The number of rotatable bonds is 23. The second-order valence-corrected chi connectivity index (χ2v) is 12.1. The summed E-state index contributed by atoms with van der Waals surface area (Å²) in [7, 11) is 0. The van der Waals surface area contributed by atoms with E-state index < -0.39 is 18.1 Å². The number of carbonyl (C=O) groups excluding carboxylic acids is 1. The lowest BCUT2D eigenvalue weighted by atomic mass is 9.66. The summed E-state index contributed by atoms with van der Waals surface area (Å²) in [6, 6.07) is 4.18. The number of carbonyl (C=O) groups is 1. The Bertz CT molecular complexity index is 723. The van der Waals surface area contributed by atoms with Crippen LogP contribution in [-0.4, -0.2) is 15.8 Å². The van der Waals surface area contributed by atoms with Gasteiger partial charge in [-0.1, -0.05) is 82.0 Å². The molecule has 0 aliphatic heterocycles. The lowest BCUT2D eigenvalue weighted by molar-refractivity contribution is -0.234. The molecule has 0 saturated heterocycles. The molecule has 9 heteroatoms. The van der Waals surface area contributed by atoms with E-state index in [1.54, 1.807) is 0 Å². The Morgan fingerprint density at radius 1 is 0.889 bits per heavy atom. The van der Waals surface area contributed by atoms with Gasteiger partial charge in [0.25, 0.3) is 0 Å². The largest absolute Gasteiger partial charge is 0.362 e. The minimum absolute atomic E-state index is 0.112. The molecule has 0 fully saturated rings. The Morgan fingerprint density at radius 3 is 1.92 bits per heavy atom. The summed E-state index contributed by atoms with van der Waals surface area (Å²) >= 11 is 4.40. The normalized spacial score (nSPS) is 12.8. The maximum atomic E-state index is 13.1. The summed E-state index contributed by atoms with van der Waals surface area (Å²) in [6.07, 6.45) is 20.6. The van der Waals surface area contributed by atoms with E-state index in [-0.39, 0.29) is 31.6 Å². The molecule has 1 unspecified atom stereocenters. The summed E-state index contributed by atoms with van der Waals surface area (Å²) in [4.78, 5) is 36.6. The van der Waals surface area contributed by atoms with Gasteiger partial charge in [-0.2, -0.15) is 10.5 Å². The number of allylic oxidation sites excluding steroid dienone is 2. The first-order valence-electron chi connectivity index (χ1n) is 13.6. The maximum Gasteiger partial charge on any atom is 0.362 e. The molecule has 0 spiro atoms. The van der Waals surface area contributed by atoms with Crippen molar-refractivity contribution in [2.24, 2.45) is 11.3 Å². The van der Waals surface area contributed by atoms with Crippen LogP contribution in [-0.2, 0) is 26.2 Å². The van der Waals surface area contributed by atoms with E-state index >= 15 is 0 Å². The molecule has 0 bridgehead atoms. The fourth-order valence-corrected chi connectivity index (χ4v) is 5.04. The Hall–Kier alpha value is -1.28. The highest BCUT2D eigenvalue weighted by molar-refractivity contribution is 8.06. The summed E-state index contributed by atoms with van der Waals surface area (Å²) in [5.74, 6) is -0.889. The molecule has 206 valence electrons. The van der Waals surface area contributed by atoms with Crippen LogP contribution in [0.5, 0.6) is 0 Å². The smallest absolute Gasteiger partial charge is 0.322 e. The number of nitrogens with zero attached hydrogens (tertiary/aromatic N) is 2. The van der Waals surface area contributed by atoms with E-state index in [0.29, 0.717) is 0 Å². The van der Waals surface area contributed by atoms with Crippen molar-refractivity contribution < 1.29 is 24.1 Å². The topological polar surface area (TPSA) is 124 Å². The van der Waals surface area contributed by atoms with Crippen molar-refractivity contribution in [2.75, 3.05) is 0 Å². The van der Waals surface area contributed by atoms with Gasteiger partial charge in [0, 0.05) is 12.8 Å². The zero-order chi connectivity index (χ0) is 27.1. The van der Waals surface area contributed by atoms with Crippen LogP contribution in [0.3, 0.4) is 0 Å². The fraction of sp³-hybridized carbons (Fsp3) is 0.815. The van der Waals surface area contributed by atoms with Crippen LogP contribution in [0.2, 0.25) is 0 Å². The van der Waals surface area contributed by atoms with Gasteiger partial charge in [-0.05, 0) is 69.1 Å². The van der Waals surface area contributed by atoms with Crippen LogP contribution in [0.4, 0.5) is 0 Å². The zero-order valence-corrected chi connectivity index (χ0v) is 24.0. The summed E-state index contributed by atoms with van der Waals surface area (Å²) < 4.78 is 4.42. The van der Waals surface area contributed by atoms with Crippen molar-refractivity contribution in [3.63, 3.8) is 0 Å². The van der Waals surface area contributed by atoms with Gasteiger partial charge in [-0.3, -0.25) is 4.89 Å². The molecule has 0 aromatic rings. The van der Waals surface area contributed by atoms with Crippen molar-refractivity contribution in [3.05, 3.63) is 12.2 Å². The van der Waals surface area contributed by atoms with E-state index in [0.717, 1.165) is 51.4 Å². The van der Waals surface area contributed by atoms with Crippen molar-refractivity contribution in [2.45, 2.75) is 129 Å². The first-order chi connectivity index (χ1) is 17.3. The first-order valence-corrected chi connectivity index (χ1v) is 16.2. The minimum atomic E-state index is -4.18. The van der Waals surface area contributed by atoms with Gasteiger partial charge >= 0.3 is 12.7 Å². The number of unbranched alkanes of at least 4 members (excludes halogenated alkanes) is 9. The first kappa shape index (κ1) is 34.7. The van der Waals surface area contributed by atoms with Gasteiger partial charge in [0.1, 0.15) is 0 Å². The van der Waals surface area contributed by atoms with Crippen LogP contribution < -0.4 is 0 Å². The van der Waals surface area contributed by atoms with Gasteiger partial charge in [-0.25, -0.2) is 4.79 Å². The summed E-state index contributed by atoms with van der Waals surface area (Å²) in [6.45, 7) is 0.0827. The Labute approximate surface area is 224 Å². The molecule has 0 aliphatic carbocycles. The Morgan fingerprint density at radius 2 is 1.42 bits per heavy atom. The van der Waals surface area contributed by atoms with E-state index in [1.165, 1.54) is 38.5 Å². The SMILES string of the molecule is CCCCCCCC/C=C\CCCCCC(CCC)C(CCC#N)(CCC#N)C(=O)OOP(O)(O)=S. The van der Waals surface area contributed by atoms with Gasteiger partial charge in [0.15, 0.2) is 0 Å². The maximum absolute atomic E-state index is 13.1. The average Bonchev–Trinajstić information content (AvgIpc) is 2.84. The molecule has 36 heavy (non-hydrogen) atoms. The zero-order valence-electron chi connectivity index (χ0n) is 22.3. The quantitative estimate of drug-likeness (QED) is 0.0438. The highest BCUT2D eigenvalue weighted by atomic mass is 32.5. The van der Waals surface area contributed by atoms with Crippen LogP contribution >= 0.6 is 6.72 Å². The molecule has 0 rings (SSSR count). The van der Waals surface area contributed by atoms with Crippen LogP contribution in [0.25, 0.3) is 0 Å². The van der Waals surface area contributed by atoms with Crippen LogP contribution in [0, 0.1) is 34.0 Å². The molecule has 0 heterocycles. The molecular weight excluding hydrogens is 495 g/mol. The van der Waals surface area contributed by atoms with Gasteiger partial charge in [-0.15, -0.1) is 0 Å². The third kappa shape index (κ3) is 16.5. The van der Waals surface area contributed by atoms with Crippen LogP contribution in [0.1, 0.15) is 129 Å². The minimum Gasteiger partial charge on any atom is -0.322 e. The molecule has 0 saturated carbocycles. The summed E-state index contributed by atoms with van der Waals surface area (Å²) in [5, 5.41) is 18.4. The predicted octanol–water partition coefficient (Wildman–Crippen LogP) is 7.94. The number of hydrogen-bond acceptors (Lipinski definition) is 6. The monoisotopic (exact) mass is 542 g/mol. The van der Waals surface area contributed by atoms with Gasteiger partial charge in [0.05, 0.1) is 17.6 Å². The highest BCUT2D eigenvalue weighted by Crippen LogP contribution is 2.46. The second kappa shape index (κ2) is 21.8. The number of hydrogen-bond donors (Lipinski definition) is 2. The van der Waals surface area contributed by atoms with E-state index in [9.17, 15) is 25.1 Å². The molecule has 2 N–H and O–H groups in total. The van der Waals surface area contributed by atoms with Crippen LogP contribution in [0.15, 0.2) is 12.2 Å². The fourth-order valence-electron chi connectivity index (χ4n) is 4.78. The molecule has 7 nitrogen and oxygen atoms in total. The van der Waals surface area contributed by atoms with Crippen molar-refractivity contribution in [1.82, 2.24) is 0 Å². The van der Waals surface area contributed by atoms with Crippen molar-refractivity contribution in [3.8, 4) is 12.1 Å². The third-order valence-corrected chi connectivity index (χ3v) is 7.17. The molecule has 0 aromatic heterocycles. The highest BCUT2D eigenvalue weighted by Gasteiger charge is 2.46. The summed E-state index contributed by atoms with van der Waals surface area (Å²) in [5.41, 5.74) is -1.11. The molecule has 0 amide bonds. The standard InChI is InChI=1S/C27H47N2O5PS/c1-3-5-6-7-8-9-10-11-12-13-14-15-16-20-25(19-4-2)27(21-17-23-28,22-18-24-29)26(30)33-34-35(31,32)36/h11-12,25H,3-10,13-22H2,1-2H3,(H2,31,32,36)/b12-11-. The van der Waals surface area contributed by atoms with E-state index in [4.69, 9.17) is 4.89 Å². The Balaban J connectivity index is 4.92. The molecule has 1 atom stereocenters. The third-order valence-electron chi connectivity index (χ3n) is 6.72. The lowest BCUT2D eigenvalue weighted by Gasteiger charge is -2.37. The average molecular weight is 543 g/mol. The van der Waals surface area contributed by atoms with Crippen molar-refractivity contribution >= 4 is 24.5 Å².